The average molecular weight is 425 g/mol. The van der Waals surface area contributed by atoms with E-state index in [0.29, 0.717) is 0 Å². The first kappa shape index (κ1) is 29.9. The van der Waals surface area contributed by atoms with Crippen LogP contribution in [0, 0.1) is 0 Å². The minimum absolute atomic E-state index is 0.287. The lowest BCUT2D eigenvalue weighted by atomic mass is 10.0. The molecule has 0 bridgehead atoms. The van der Waals surface area contributed by atoms with Gasteiger partial charge in [0.2, 0.25) is 0 Å². The molecule has 0 aliphatic heterocycles. The molecule has 0 aromatic heterocycles. The second-order valence-corrected chi connectivity index (χ2v) is 9.96. The summed E-state index contributed by atoms with van der Waals surface area (Å²) in [7, 11) is 0. The summed E-state index contributed by atoms with van der Waals surface area (Å²) in [5.74, 6) is 0. The van der Waals surface area contributed by atoms with Crippen LogP contribution in [-0.2, 0) is 0 Å². The fourth-order valence-corrected chi connectivity index (χ4v) is 4.37. The molecule has 0 radical (unpaired) electrons. The van der Waals surface area contributed by atoms with E-state index in [0.717, 1.165) is 13.1 Å². The predicted molar refractivity (Wildman–Crippen MR) is 138 cm³/mol. The summed E-state index contributed by atoms with van der Waals surface area (Å²) in [6.45, 7) is 6.46. The van der Waals surface area contributed by atoms with E-state index in [9.17, 15) is 0 Å². The molecule has 0 heterocycles. The molecule has 0 aliphatic carbocycles. The Kier molecular flexibility index (Phi) is 26.9. The molecular formula is C28H60N2. The molecule has 0 amide bonds. The van der Waals surface area contributed by atoms with Gasteiger partial charge in [0.05, 0.1) is 0 Å². The van der Waals surface area contributed by atoms with Crippen LogP contribution >= 0.6 is 0 Å². The first-order valence-electron chi connectivity index (χ1n) is 14.2. The van der Waals surface area contributed by atoms with Gasteiger partial charge < -0.3 is 11.1 Å². The first-order valence-corrected chi connectivity index (χ1v) is 14.2. The fraction of sp³-hybridized carbons (Fsp3) is 1.00. The zero-order valence-electron chi connectivity index (χ0n) is 21.3. The summed E-state index contributed by atoms with van der Waals surface area (Å²) in [6, 6.07) is 0.287. The van der Waals surface area contributed by atoms with Gasteiger partial charge in [-0.2, -0.15) is 0 Å². The lowest BCUT2D eigenvalue weighted by molar-refractivity contribution is 0.515. The number of nitrogens with one attached hydrogen (secondary N) is 1. The van der Waals surface area contributed by atoms with Gasteiger partial charge in [0.25, 0.3) is 0 Å². The minimum Gasteiger partial charge on any atom is -0.327 e. The van der Waals surface area contributed by atoms with Crippen LogP contribution < -0.4 is 11.1 Å². The Hall–Kier alpha value is -0.0800. The molecule has 0 saturated heterocycles. The van der Waals surface area contributed by atoms with E-state index in [1.54, 1.807) is 0 Å². The van der Waals surface area contributed by atoms with E-state index in [-0.39, 0.29) is 6.04 Å². The third kappa shape index (κ3) is 27.9. The van der Waals surface area contributed by atoms with Gasteiger partial charge in [0, 0.05) is 12.6 Å². The van der Waals surface area contributed by atoms with Crippen molar-refractivity contribution in [1.29, 1.82) is 0 Å². The van der Waals surface area contributed by atoms with Gasteiger partial charge in [0.1, 0.15) is 0 Å². The highest BCUT2D eigenvalue weighted by Crippen LogP contribution is 2.15. The first-order chi connectivity index (χ1) is 14.8. The Balaban J connectivity index is 2.99. The maximum Gasteiger partial charge on any atom is 0.0136 e. The number of hydrogen-bond donors (Lipinski definition) is 2. The van der Waals surface area contributed by atoms with Crippen LogP contribution in [-0.4, -0.2) is 19.1 Å². The van der Waals surface area contributed by atoms with E-state index in [4.69, 9.17) is 5.73 Å². The Morgan fingerprint density at radius 3 is 1.00 bits per heavy atom. The van der Waals surface area contributed by atoms with Crippen LogP contribution in [0.5, 0.6) is 0 Å². The Morgan fingerprint density at radius 2 is 0.733 bits per heavy atom. The van der Waals surface area contributed by atoms with Crippen LogP contribution in [0.1, 0.15) is 162 Å². The minimum atomic E-state index is 0.287. The number of unbranched alkanes of at least 4 members (excludes halogenated alkanes) is 22. The van der Waals surface area contributed by atoms with Gasteiger partial charge in [-0.1, -0.05) is 148 Å². The third-order valence-corrected chi connectivity index (χ3v) is 6.42. The highest BCUT2D eigenvalue weighted by atomic mass is 14.9. The standard InChI is InChI=1S/C28H60N2/c1-3-4-5-6-7-8-9-10-11-12-13-14-15-16-17-18-19-20-21-22-23-24-25-26-30-27-28(2)29/h28,30H,3-27,29H2,1-2H3. The lowest BCUT2D eigenvalue weighted by Gasteiger charge is -2.07. The maximum absolute atomic E-state index is 5.73. The summed E-state index contributed by atoms with van der Waals surface area (Å²) < 4.78 is 0. The summed E-state index contributed by atoms with van der Waals surface area (Å²) in [4.78, 5) is 0. The molecule has 0 aromatic rings. The summed E-state index contributed by atoms with van der Waals surface area (Å²) in [6.07, 6.45) is 33.4. The van der Waals surface area contributed by atoms with Gasteiger partial charge in [-0.15, -0.1) is 0 Å². The molecule has 2 heteroatoms. The van der Waals surface area contributed by atoms with E-state index >= 15 is 0 Å². The van der Waals surface area contributed by atoms with E-state index in [1.165, 1.54) is 148 Å². The Bertz CT molecular complexity index is 290. The van der Waals surface area contributed by atoms with E-state index in [1.807, 2.05) is 0 Å². The highest BCUT2D eigenvalue weighted by Gasteiger charge is 1.96. The molecule has 2 nitrogen and oxygen atoms in total. The van der Waals surface area contributed by atoms with Crippen molar-refractivity contribution in [2.75, 3.05) is 13.1 Å². The van der Waals surface area contributed by atoms with Crippen molar-refractivity contribution < 1.29 is 0 Å². The van der Waals surface area contributed by atoms with E-state index in [2.05, 4.69) is 19.2 Å². The molecule has 0 rings (SSSR count). The molecular weight excluding hydrogens is 364 g/mol. The van der Waals surface area contributed by atoms with Crippen molar-refractivity contribution >= 4 is 0 Å². The molecule has 1 unspecified atom stereocenters. The monoisotopic (exact) mass is 424 g/mol. The molecule has 182 valence electrons. The summed E-state index contributed by atoms with van der Waals surface area (Å²) in [5.41, 5.74) is 5.73. The topological polar surface area (TPSA) is 38.0 Å². The summed E-state index contributed by atoms with van der Waals surface area (Å²) in [5, 5.41) is 3.42. The smallest absolute Gasteiger partial charge is 0.0136 e. The third-order valence-electron chi connectivity index (χ3n) is 6.42. The zero-order chi connectivity index (χ0) is 22.0. The molecule has 0 fully saturated rings. The van der Waals surface area contributed by atoms with E-state index < -0.39 is 0 Å². The van der Waals surface area contributed by atoms with Gasteiger partial charge in [-0.05, 0) is 19.9 Å². The quantitative estimate of drug-likeness (QED) is 0.136. The van der Waals surface area contributed by atoms with Crippen molar-refractivity contribution in [2.24, 2.45) is 5.73 Å². The number of hydrogen-bond acceptors (Lipinski definition) is 2. The molecule has 1 atom stereocenters. The van der Waals surface area contributed by atoms with Gasteiger partial charge in [-0.25, -0.2) is 0 Å². The molecule has 0 aliphatic rings. The van der Waals surface area contributed by atoms with Crippen LogP contribution in [0.25, 0.3) is 0 Å². The predicted octanol–water partition coefficient (Wildman–Crippen LogP) is 8.92. The Morgan fingerprint density at radius 1 is 0.467 bits per heavy atom. The normalized spacial score (nSPS) is 12.5. The van der Waals surface area contributed by atoms with Crippen LogP contribution in [0.3, 0.4) is 0 Å². The SMILES string of the molecule is CCCCCCCCCCCCCCCCCCCCCCCCCNCC(C)N. The second kappa shape index (κ2) is 27.0. The van der Waals surface area contributed by atoms with Crippen LogP contribution in [0.4, 0.5) is 0 Å². The zero-order valence-corrected chi connectivity index (χ0v) is 21.3. The van der Waals surface area contributed by atoms with Gasteiger partial charge in [-0.3, -0.25) is 0 Å². The van der Waals surface area contributed by atoms with Crippen molar-refractivity contribution in [3.05, 3.63) is 0 Å². The van der Waals surface area contributed by atoms with Gasteiger partial charge in [0.15, 0.2) is 0 Å². The van der Waals surface area contributed by atoms with Crippen molar-refractivity contribution in [2.45, 2.75) is 168 Å². The fourth-order valence-electron chi connectivity index (χ4n) is 4.37. The van der Waals surface area contributed by atoms with Crippen molar-refractivity contribution in [1.82, 2.24) is 5.32 Å². The molecule has 30 heavy (non-hydrogen) atoms. The lowest BCUT2D eigenvalue weighted by Crippen LogP contribution is -2.31. The highest BCUT2D eigenvalue weighted by molar-refractivity contribution is 4.57. The molecule has 0 saturated carbocycles. The van der Waals surface area contributed by atoms with Crippen molar-refractivity contribution in [3.63, 3.8) is 0 Å². The van der Waals surface area contributed by atoms with Crippen LogP contribution in [0.15, 0.2) is 0 Å². The van der Waals surface area contributed by atoms with Crippen molar-refractivity contribution in [3.8, 4) is 0 Å². The van der Waals surface area contributed by atoms with Gasteiger partial charge >= 0.3 is 0 Å². The summed E-state index contributed by atoms with van der Waals surface area (Å²) >= 11 is 0. The Labute approximate surface area is 191 Å². The molecule has 3 N–H and O–H groups in total. The number of rotatable bonds is 26. The van der Waals surface area contributed by atoms with Crippen LogP contribution in [0.2, 0.25) is 0 Å². The average Bonchev–Trinajstić information content (AvgIpc) is 2.73. The number of nitrogens with two attached hydrogens (primary N) is 1. The second-order valence-electron chi connectivity index (χ2n) is 9.96. The molecule has 0 aromatic carbocycles. The maximum atomic E-state index is 5.73. The molecule has 0 spiro atoms. The largest absolute Gasteiger partial charge is 0.327 e.